The third-order valence-corrected chi connectivity index (χ3v) is 3.57. The van der Waals surface area contributed by atoms with Crippen molar-refractivity contribution < 1.29 is 9.90 Å². The summed E-state index contributed by atoms with van der Waals surface area (Å²) in [6, 6.07) is 6.63. The van der Waals surface area contributed by atoms with E-state index in [1.807, 2.05) is 17.5 Å². The van der Waals surface area contributed by atoms with Crippen molar-refractivity contribution in [3.63, 3.8) is 0 Å². The van der Waals surface area contributed by atoms with E-state index in [9.17, 15) is 9.70 Å². The predicted molar refractivity (Wildman–Crippen MR) is 70.9 cm³/mol. The highest BCUT2D eigenvalue weighted by atomic mass is 32.1. The van der Waals surface area contributed by atoms with Crippen LogP contribution in [-0.4, -0.2) is 20.5 Å². The summed E-state index contributed by atoms with van der Waals surface area (Å²) in [6.07, 6.45) is 1.57. The Morgan fingerprint density at radius 2 is 2.21 bits per heavy atom. The Kier molecular flexibility index (Phi) is 2.60. The van der Waals surface area contributed by atoms with Crippen LogP contribution < -0.4 is 0 Å². The van der Waals surface area contributed by atoms with Crippen molar-refractivity contribution >= 4 is 28.8 Å². The standard InChI is InChI=1S/C12H7N3O3S/c16-12(17)7-3-1-5-15-10(7)13-9(11(15)14-18)8-4-2-6-19-8/h1-6H,(H,16,17). The molecule has 0 saturated heterocycles. The maximum absolute atomic E-state index is 11.2. The molecular formula is C12H7N3O3S. The zero-order chi connectivity index (χ0) is 13.4. The van der Waals surface area contributed by atoms with Crippen molar-refractivity contribution in [1.82, 2.24) is 9.38 Å². The fourth-order valence-corrected chi connectivity index (χ4v) is 2.60. The first-order valence-electron chi connectivity index (χ1n) is 5.34. The number of hydrogen-bond donors (Lipinski definition) is 1. The van der Waals surface area contributed by atoms with Gasteiger partial charge in [-0.25, -0.2) is 9.78 Å². The molecule has 0 saturated carbocycles. The van der Waals surface area contributed by atoms with Crippen molar-refractivity contribution in [3.8, 4) is 10.6 Å². The highest BCUT2D eigenvalue weighted by molar-refractivity contribution is 7.13. The van der Waals surface area contributed by atoms with Crippen molar-refractivity contribution in [2.75, 3.05) is 0 Å². The van der Waals surface area contributed by atoms with Crippen LogP contribution in [0.2, 0.25) is 0 Å². The van der Waals surface area contributed by atoms with E-state index in [0.29, 0.717) is 5.69 Å². The number of carboxylic acids is 1. The first-order valence-corrected chi connectivity index (χ1v) is 6.22. The lowest BCUT2D eigenvalue weighted by Gasteiger charge is -1.97. The lowest BCUT2D eigenvalue weighted by atomic mass is 10.3. The average Bonchev–Trinajstić information content (AvgIpc) is 3.04. The lowest BCUT2D eigenvalue weighted by molar-refractivity contribution is 0.0698. The van der Waals surface area contributed by atoms with Gasteiger partial charge in [-0.2, -0.15) is 0 Å². The quantitative estimate of drug-likeness (QED) is 0.743. The van der Waals surface area contributed by atoms with Gasteiger partial charge < -0.3 is 5.11 Å². The average molecular weight is 273 g/mol. The molecule has 0 bridgehead atoms. The molecule has 1 N–H and O–H groups in total. The molecule has 7 heteroatoms. The number of aromatic carboxylic acids is 1. The Morgan fingerprint density at radius 3 is 2.84 bits per heavy atom. The fraction of sp³-hybridized carbons (Fsp3) is 0. The van der Waals surface area contributed by atoms with Gasteiger partial charge in [0.15, 0.2) is 5.65 Å². The first kappa shape index (κ1) is 11.5. The van der Waals surface area contributed by atoms with Gasteiger partial charge in [0.25, 0.3) is 0 Å². The summed E-state index contributed by atoms with van der Waals surface area (Å²) in [7, 11) is 0. The van der Waals surface area contributed by atoms with Crippen LogP contribution in [-0.2, 0) is 0 Å². The minimum absolute atomic E-state index is 0.0372. The first-order chi connectivity index (χ1) is 9.22. The third kappa shape index (κ3) is 1.71. The molecule has 0 amide bonds. The molecule has 0 aliphatic carbocycles. The van der Waals surface area contributed by atoms with Gasteiger partial charge in [-0.15, -0.1) is 16.2 Å². The zero-order valence-electron chi connectivity index (χ0n) is 9.48. The topological polar surface area (TPSA) is 84.0 Å². The SMILES string of the molecule is O=Nc1c(-c2cccs2)nc2c(C(=O)O)cccn12. The molecule has 0 aliphatic heterocycles. The van der Waals surface area contributed by atoms with Gasteiger partial charge in [-0.05, 0) is 28.8 Å². The van der Waals surface area contributed by atoms with Gasteiger partial charge in [0.1, 0.15) is 11.3 Å². The molecule has 94 valence electrons. The zero-order valence-corrected chi connectivity index (χ0v) is 10.3. The van der Waals surface area contributed by atoms with Crippen LogP contribution in [0.15, 0.2) is 41.0 Å². The molecule has 3 rings (SSSR count). The summed E-state index contributed by atoms with van der Waals surface area (Å²) in [5.41, 5.74) is 0.655. The molecule has 0 fully saturated rings. The molecule has 3 aromatic heterocycles. The molecule has 19 heavy (non-hydrogen) atoms. The molecule has 6 nitrogen and oxygen atoms in total. The Balaban J connectivity index is 2.39. The fourth-order valence-electron chi connectivity index (χ4n) is 1.89. The number of pyridine rings is 1. The second-order valence-corrected chi connectivity index (χ2v) is 4.72. The van der Waals surface area contributed by atoms with E-state index in [-0.39, 0.29) is 17.0 Å². The predicted octanol–water partition coefficient (Wildman–Crippen LogP) is 3.16. The summed E-state index contributed by atoms with van der Waals surface area (Å²) >= 11 is 1.41. The summed E-state index contributed by atoms with van der Waals surface area (Å²) in [5.74, 6) is -0.980. The van der Waals surface area contributed by atoms with E-state index < -0.39 is 5.97 Å². The monoisotopic (exact) mass is 273 g/mol. The van der Waals surface area contributed by atoms with Crippen molar-refractivity contribution in [1.29, 1.82) is 0 Å². The molecule has 0 unspecified atom stereocenters. The van der Waals surface area contributed by atoms with Crippen LogP contribution in [0.25, 0.3) is 16.2 Å². The van der Waals surface area contributed by atoms with E-state index >= 15 is 0 Å². The number of carbonyl (C=O) groups is 1. The Hall–Kier alpha value is -2.54. The minimum Gasteiger partial charge on any atom is -0.478 e. The molecule has 0 aliphatic rings. The Bertz CT molecular complexity index is 777. The minimum atomic E-state index is -1.09. The Morgan fingerprint density at radius 1 is 1.37 bits per heavy atom. The summed E-state index contributed by atoms with van der Waals surface area (Å²) in [6.45, 7) is 0. The number of rotatable bonds is 3. The van der Waals surface area contributed by atoms with Crippen LogP contribution in [0.4, 0.5) is 5.82 Å². The molecule has 0 aromatic carbocycles. The summed E-state index contributed by atoms with van der Waals surface area (Å²) in [5, 5.41) is 14.0. The number of hydrogen-bond acceptors (Lipinski definition) is 5. The van der Waals surface area contributed by atoms with E-state index in [0.717, 1.165) is 4.88 Å². The van der Waals surface area contributed by atoms with E-state index in [1.165, 1.54) is 21.8 Å². The number of nitrogens with zero attached hydrogens (tertiary/aromatic N) is 3. The largest absolute Gasteiger partial charge is 0.478 e. The molecular weight excluding hydrogens is 266 g/mol. The van der Waals surface area contributed by atoms with Crippen LogP contribution in [0.3, 0.4) is 0 Å². The number of fused-ring (bicyclic) bond motifs is 1. The number of carboxylic acid groups (broad SMARTS) is 1. The van der Waals surface area contributed by atoms with Crippen LogP contribution in [0, 0.1) is 4.91 Å². The van der Waals surface area contributed by atoms with Crippen molar-refractivity contribution in [2.24, 2.45) is 5.18 Å². The van der Waals surface area contributed by atoms with E-state index in [4.69, 9.17) is 5.11 Å². The molecule has 3 aromatic rings. The second kappa shape index (κ2) is 4.29. The van der Waals surface area contributed by atoms with Gasteiger partial charge in [-0.1, -0.05) is 6.07 Å². The highest BCUT2D eigenvalue weighted by Crippen LogP contribution is 2.34. The van der Waals surface area contributed by atoms with Gasteiger partial charge in [0.05, 0.1) is 4.88 Å². The number of aromatic nitrogens is 2. The Labute approximate surface area is 110 Å². The summed E-state index contributed by atoms with van der Waals surface area (Å²) < 4.78 is 1.39. The third-order valence-electron chi connectivity index (χ3n) is 2.70. The van der Waals surface area contributed by atoms with Crippen LogP contribution >= 0.6 is 11.3 Å². The normalized spacial score (nSPS) is 10.7. The maximum atomic E-state index is 11.2. The molecule has 0 spiro atoms. The number of thiophene rings is 1. The molecule has 3 heterocycles. The second-order valence-electron chi connectivity index (χ2n) is 3.77. The van der Waals surface area contributed by atoms with Gasteiger partial charge in [0, 0.05) is 6.20 Å². The molecule has 0 radical (unpaired) electrons. The van der Waals surface area contributed by atoms with E-state index in [2.05, 4.69) is 10.2 Å². The smallest absolute Gasteiger partial charge is 0.339 e. The van der Waals surface area contributed by atoms with E-state index in [1.54, 1.807) is 12.3 Å². The van der Waals surface area contributed by atoms with Crippen molar-refractivity contribution in [3.05, 3.63) is 46.3 Å². The summed E-state index contributed by atoms with van der Waals surface area (Å²) in [4.78, 5) is 27.2. The highest BCUT2D eigenvalue weighted by Gasteiger charge is 2.19. The number of nitroso groups, excluding NO2 is 1. The number of imidazole rings is 1. The van der Waals surface area contributed by atoms with Crippen LogP contribution in [0.1, 0.15) is 10.4 Å². The van der Waals surface area contributed by atoms with Crippen LogP contribution in [0.5, 0.6) is 0 Å². The van der Waals surface area contributed by atoms with Crippen molar-refractivity contribution in [2.45, 2.75) is 0 Å². The lowest BCUT2D eigenvalue weighted by Crippen LogP contribution is -1.99. The van der Waals surface area contributed by atoms with Gasteiger partial charge >= 0.3 is 5.97 Å². The van der Waals surface area contributed by atoms with Gasteiger partial charge in [-0.3, -0.25) is 4.40 Å². The van der Waals surface area contributed by atoms with Gasteiger partial charge in [0.2, 0.25) is 5.82 Å². The maximum Gasteiger partial charge on any atom is 0.339 e. The molecule has 0 atom stereocenters.